The fraction of sp³-hybridized carbons (Fsp3) is 0.231. The lowest BCUT2D eigenvalue weighted by molar-refractivity contribution is 0.460. The lowest BCUT2D eigenvalue weighted by Gasteiger charge is -2.05. The molecule has 0 saturated carbocycles. The van der Waals surface area contributed by atoms with Gasteiger partial charge in [0, 0.05) is 16.2 Å². The molecule has 0 aliphatic rings. The molecule has 0 N–H and O–H groups in total. The average molecular weight is 293 g/mol. The molecule has 1 heterocycles. The zero-order chi connectivity index (χ0) is 12.1. The van der Waals surface area contributed by atoms with Crippen molar-refractivity contribution >= 4 is 15.9 Å². The number of nitrogens with zero attached hydrogens (tertiary/aromatic N) is 2. The second-order valence-corrected chi connectivity index (χ2v) is 4.57. The number of ether oxygens (including phenoxy) is 1. The second kappa shape index (κ2) is 5.77. The zero-order valence-electron chi connectivity index (χ0n) is 9.56. The maximum atomic E-state index is 5.65. The number of hydrogen-bond acceptors (Lipinski definition) is 3. The van der Waals surface area contributed by atoms with Gasteiger partial charge in [-0.2, -0.15) is 0 Å². The quantitative estimate of drug-likeness (QED) is 0.855. The number of aryl methyl sites for hydroxylation is 1. The van der Waals surface area contributed by atoms with Crippen LogP contribution < -0.4 is 4.74 Å². The van der Waals surface area contributed by atoms with E-state index in [1.54, 1.807) is 6.33 Å². The van der Waals surface area contributed by atoms with Gasteiger partial charge in [0.2, 0.25) is 5.88 Å². The summed E-state index contributed by atoms with van der Waals surface area (Å²) in [6.45, 7) is 2.12. The average Bonchev–Trinajstić information content (AvgIpc) is 2.33. The van der Waals surface area contributed by atoms with Gasteiger partial charge in [-0.25, -0.2) is 9.97 Å². The van der Waals surface area contributed by atoms with E-state index >= 15 is 0 Å². The molecule has 1 aromatic heterocycles. The molecule has 0 bridgehead atoms. The predicted molar refractivity (Wildman–Crippen MR) is 70.2 cm³/mol. The van der Waals surface area contributed by atoms with Crippen LogP contribution in [0.15, 0.2) is 41.1 Å². The van der Waals surface area contributed by atoms with E-state index in [1.807, 2.05) is 30.3 Å². The Bertz CT molecular complexity index is 485. The molecule has 0 saturated heterocycles. The minimum Gasteiger partial charge on any atom is -0.439 e. The molecule has 0 fully saturated rings. The molecule has 0 amide bonds. The lowest BCUT2D eigenvalue weighted by atomic mass is 10.2. The lowest BCUT2D eigenvalue weighted by Crippen LogP contribution is -1.93. The number of aromatic nitrogens is 2. The molecule has 0 aliphatic carbocycles. The summed E-state index contributed by atoms with van der Waals surface area (Å²) in [6, 6.07) is 9.54. The summed E-state index contributed by atoms with van der Waals surface area (Å²) in [5, 5.41) is 0. The largest absolute Gasteiger partial charge is 0.439 e. The normalized spacial score (nSPS) is 10.2. The van der Waals surface area contributed by atoms with Crippen molar-refractivity contribution in [1.82, 2.24) is 9.97 Å². The van der Waals surface area contributed by atoms with Crippen molar-refractivity contribution in [2.75, 3.05) is 0 Å². The Morgan fingerprint density at radius 1 is 1.18 bits per heavy atom. The molecule has 0 aliphatic heterocycles. The van der Waals surface area contributed by atoms with Crippen LogP contribution in [-0.2, 0) is 6.42 Å². The molecule has 0 spiro atoms. The minimum atomic E-state index is 0.589. The number of hydrogen-bond donors (Lipinski definition) is 0. The Labute approximate surface area is 109 Å². The van der Waals surface area contributed by atoms with Crippen molar-refractivity contribution < 1.29 is 4.74 Å². The van der Waals surface area contributed by atoms with Crippen LogP contribution in [0.2, 0.25) is 0 Å². The topological polar surface area (TPSA) is 35.0 Å². The number of benzene rings is 1. The van der Waals surface area contributed by atoms with Crippen LogP contribution in [0.3, 0.4) is 0 Å². The molecule has 2 rings (SSSR count). The standard InChI is InChI=1S/C13H13BrN2O/c1-2-3-11-8-13(16-9-15-11)17-12-6-4-10(14)5-7-12/h4-9H,2-3H2,1H3. The fourth-order valence-corrected chi connectivity index (χ4v) is 1.71. The number of rotatable bonds is 4. The maximum Gasteiger partial charge on any atom is 0.222 e. The van der Waals surface area contributed by atoms with E-state index in [-0.39, 0.29) is 0 Å². The van der Waals surface area contributed by atoms with Gasteiger partial charge < -0.3 is 4.74 Å². The van der Waals surface area contributed by atoms with Gasteiger partial charge in [0.05, 0.1) is 0 Å². The van der Waals surface area contributed by atoms with E-state index in [4.69, 9.17) is 4.74 Å². The Morgan fingerprint density at radius 3 is 2.65 bits per heavy atom. The van der Waals surface area contributed by atoms with E-state index in [1.165, 1.54) is 0 Å². The Balaban J connectivity index is 2.12. The zero-order valence-corrected chi connectivity index (χ0v) is 11.1. The first-order valence-electron chi connectivity index (χ1n) is 5.52. The van der Waals surface area contributed by atoms with Gasteiger partial charge >= 0.3 is 0 Å². The molecule has 4 heteroatoms. The van der Waals surface area contributed by atoms with Crippen LogP contribution in [0.25, 0.3) is 0 Å². The second-order valence-electron chi connectivity index (χ2n) is 3.65. The van der Waals surface area contributed by atoms with Crippen LogP contribution in [-0.4, -0.2) is 9.97 Å². The van der Waals surface area contributed by atoms with E-state index in [9.17, 15) is 0 Å². The van der Waals surface area contributed by atoms with E-state index in [2.05, 4.69) is 32.8 Å². The first kappa shape index (κ1) is 12.0. The van der Waals surface area contributed by atoms with Gasteiger partial charge in [-0.3, -0.25) is 0 Å². The minimum absolute atomic E-state index is 0.589. The summed E-state index contributed by atoms with van der Waals surface area (Å²) in [4.78, 5) is 8.28. The van der Waals surface area contributed by atoms with Crippen molar-refractivity contribution in [1.29, 1.82) is 0 Å². The van der Waals surface area contributed by atoms with Crippen LogP contribution >= 0.6 is 15.9 Å². The maximum absolute atomic E-state index is 5.65. The summed E-state index contributed by atoms with van der Waals surface area (Å²) < 4.78 is 6.68. The van der Waals surface area contributed by atoms with Crippen molar-refractivity contribution in [3.05, 3.63) is 46.8 Å². The molecule has 88 valence electrons. The fourth-order valence-electron chi connectivity index (χ4n) is 1.45. The highest BCUT2D eigenvalue weighted by Gasteiger charge is 2.01. The Morgan fingerprint density at radius 2 is 1.94 bits per heavy atom. The molecule has 0 radical (unpaired) electrons. The van der Waals surface area contributed by atoms with Crippen molar-refractivity contribution in [2.24, 2.45) is 0 Å². The molecule has 17 heavy (non-hydrogen) atoms. The Hall–Kier alpha value is -1.42. The van der Waals surface area contributed by atoms with E-state index in [0.29, 0.717) is 5.88 Å². The third-order valence-corrected chi connectivity index (χ3v) is 2.77. The highest BCUT2D eigenvalue weighted by molar-refractivity contribution is 9.10. The molecule has 1 aromatic carbocycles. The molecular weight excluding hydrogens is 280 g/mol. The van der Waals surface area contributed by atoms with Crippen molar-refractivity contribution in [3.8, 4) is 11.6 Å². The van der Waals surface area contributed by atoms with Crippen LogP contribution in [0, 0.1) is 0 Å². The molecule has 3 nitrogen and oxygen atoms in total. The van der Waals surface area contributed by atoms with Crippen molar-refractivity contribution in [3.63, 3.8) is 0 Å². The van der Waals surface area contributed by atoms with Gasteiger partial charge in [-0.1, -0.05) is 29.3 Å². The molecule has 0 atom stereocenters. The van der Waals surface area contributed by atoms with Crippen LogP contribution in [0.1, 0.15) is 19.0 Å². The van der Waals surface area contributed by atoms with Crippen LogP contribution in [0.4, 0.5) is 0 Å². The monoisotopic (exact) mass is 292 g/mol. The van der Waals surface area contributed by atoms with Crippen LogP contribution in [0.5, 0.6) is 11.6 Å². The van der Waals surface area contributed by atoms with E-state index < -0.39 is 0 Å². The summed E-state index contributed by atoms with van der Waals surface area (Å²) in [6.07, 6.45) is 3.55. The summed E-state index contributed by atoms with van der Waals surface area (Å²) in [5.41, 5.74) is 1.01. The van der Waals surface area contributed by atoms with Gasteiger partial charge in [-0.05, 0) is 30.7 Å². The first-order valence-corrected chi connectivity index (χ1v) is 6.31. The highest BCUT2D eigenvalue weighted by atomic mass is 79.9. The van der Waals surface area contributed by atoms with Crippen molar-refractivity contribution in [2.45, 2.75) is 19.8 Å². The summed E-state index contributed by atoms with van der Waals surface area (Å²) >= 11 is 3.38. The predicted octanol–water partition coefficient (Wildman–Crippen LogP) is 3.98. The number of halogens is 1. The summed E-state index contributed by atoms with van der Waals surface area (Å²) in [5.74, 6) is 1.36. The smallest absolute Gasteiger partial charge is 0.222 e. The first-order chi connectivity index (χ1) is 8.28. The summed E-state index contributed by atoms with van der Waals surface area (Å²) in [7, 11) is 0. The van der Waals surface area contributed by atoms with Gasteiger partial charge in [0.25, 0.3) is 0 Å². The third-order valence-electron chi connectivity index (χ3n) is 2.24. The van der Waals surface area contributed by atoms with Gasteiger partial charge in [-0.15, -0.1) is 0 Å². The van der Waals surface area contributed by atoms with Gasteiger partial charge in [0.1, 0.15) is 12.1 Å². The SMILES string of the molecule is CCCc1cc(Oc2ccc(Br)cc2)ncn1. The highest BCUT2D eigenvalue weighted by Crippen LogP contribution is 2.21. The third kappa shape index (κ3) is 3.53. The Kier molecular flexibility index (Phi) is 4.09. The molecule has 2 aromatic rings. The van der Waals surface area contributed by atoms with Gasteiger partial charge in [0.15, 0.2) is 0 Å². The molecular formula is C13H13BrN2O. The molecule has 0 unspecified atom stereocenters. The van der Waals surface area contributed by atoms with E-state index in [0.717, 1.165) is 28.8 Å².